The Morgan fingerprint density at radius 2 is 2.28 bits per heavy atom. The molecule has 7 heteroatoms. The summed E-state index contributed by atoms with van der Waals surface area (Å²) >= 11 is 5.12. The summed E-state index contributed by atoms with van der Waals surface area (Å²) in [6.45, 7) is 0.505. The summed E-state index contributed by atoms with van der Waals surface area (Å²) in [5.74, 6) is 2.60. The predicted molar refractivity (Wildman–Crippen MR) is 79.2 cm³/mol. The molecule has 1 aromatic carbocycles. The van der Waals surface area contributed by atoms with E-state index in [1.165, 1.54) is 6.07 Å². The van der Waals surface area contributed by atoms with Gasteiger partial charge in [-0.25, -0.2) is 13.1 Å². The van der Waals surface area contributed by atoms with Crippen molar-refractivity contribution in [3.63, 3.8) is 0 Å². The van der Waals surface area contributed by atoms with Gasteiger partial charge in [-0.3, -0.25) is 0 Å². The van der Waals surface area contributed by atoms with Crippen LogP contribution in [0.2, 0.25) is 0 Å². The van der Waals surface area contributed by atoms with Gasteiger partial charge < -0.3 is 5.73 Å². The van der Waals surface area contributed by atoms with Crippen LogP contribution in [0.3, 0.4) is 0 Å². The van der Waals surface area contributed by atoms with Crippen LogP contribution >= 0.6 is 27.7 Å². The first-order valence-corrected chi connectivity index (χ1v) is 9.04. The van der Waals surface area contributed by atoms with Crippen molar-refractivity contribution in [1.82, 2.24) is 4.72 Å². The summed E-state index contributed by atoms with van der Waals surface area (Å²) in [6.07, 6.45) is 1.08. The highest BCUT2D eigenvalue weighted by Crippen LogP contribution is 2.24. The van der Waals surface area contributed by atoms with E-state index in [1.807, 2.05) is 11.8 Å². The lowest BCUT2D eigenvalue weighted by Crippen LogP contribution is -2.29. The van der Waals surface area contributed by atoms with Gasteiger partial charge in [-0.15, -0.1) is 0 Å². The standard InChI is InChI=1S/C11H15BrN2O2S2/c12-10-2-1-9(5-11(10)13)18(15,16)14-6-8-3-4-17-7-8/h1-2,5,8,14H,3-4,6-7,13H2. The molecule has 0 bridgehead atoms. The fourth-order valence-corrected chi connectivity index (χ4v) is 4.43. The molecule has 18 heavy (non-hydrogen) atoms. The number of halogens is 1. The van der Waals surface area contributed by atoms with E-state index in [-0.39, 0.29) is 4.90 Å². The van der Waals surface area contributed by atoms with Crippen LogP contribution in [-0.2, 0) is 10.0 Å². The minimum absolute atomic E-state index is 0.217. The third kappa shape index (κ3) is 3.40. The fourth-order valence-electron chi connectivity index (χ4n) is 1.74. The zero-order valence-electron chi connectivity index (χ0n) is 9.73. The van der Waals surface area contributed by atoms with Gasteiger partial charge in [-0.1, -0.05) is 0 Å². The van der Waals surface area contributed by atoms with Gasteiger partial charge >= 0.3 is 0 Å². The average Bonchev–Trinajstić information content (AvgIpc) is 2.83. The van der Waals surface area contributed by atoms with Gasteiger partial charge in [-0.2, -0.15) is 11.8 Å². The van der Waals surface area contributed by atoms with Crippen molar-refractivity contribution >= 4 is 43.4 Å². The van der Waals surface area contributed by atoms with Crippen LogP contribution in [0.1, 0.15) is 6.42 Å². The number of hydrogen-bond donors (Lipinski definition) is 2. The summed E-state index contributed by atoms with van der Waals surface area (Å²) in [7, 11) is -3.45. The summed E-state index contributed by atoms with van der Waals surface area (Å²) < 4.78 is 27.5. The average molecular weight is 351 g/mol. The maximum absolute atomic E-state index is 12.1. The number of rotatable bonds is 4. The number of nitrogens with two attached hydrogens (primary N) is 1. The lowest BCUT2D eigenvalue weighted by atomic mass is 10.1. The van der Waals surface area contributed by atoms with E-state index in [0.29, 0.717) is 22.6 Å². The Morgan fingerprint density at radius 1 is 1.50 bits per heavy atom. The molecule has 3 N–H and O–H groups in total. The number of thioether (sulfide) groups is 1. The molecule has 0 spiro atoms. The minimum atomic E-state index is -3.45. The number of nitrogens with one attached hydrogen (secondary N) is 1. The SMILES string of the molecule is Nc1cc(S(=O)(=O)NCC2CCSC2)ccc1Br. The van der Waals surface area contributed by atoms with E-state index < -0.39 is 10.0 Å². The molecule has 1 aromatic rings. The molecule has 1 aliphatic rings. The molecular weight excluding hydrogens is 336 g/mol. The van der Waals surface area contributed by atoms with Crippen LogP contribution in [0.15, 0.2) is 27.6 Å². The highest BCUT2D eigenvalue weighted by molar-refractivity contribution is 9.10. The number of sulfonamides is 1. The quantitative estimate of drug-likeness (QED) is 0.815. The molecule has 0 radical (unpaired) electrons. The fraction of sp³-hybridized carbons (Fsp3) is 0.455. The van der Waals surface area contributed by atoms with E-state index in [1.54, 1.807) is 12.1 Å². The van der Waals surface area contributed by atoms with Crippen molar-refractivity contribution in [3.8, 4) is 0 Å². The molecular formula is C11H15BrN2O2S2. The van der Waals surface area contributed by atoms with E-state index in [0.717, 1.165) is 17.9 Å². The van der Waals surface area contributed by atoms with Gasteiger partial charge in [0.15, 0.2) is 0 Å². The van der Waals surface area contributed by atoms with Gasteiger partial charge in [-0.05, 0) is 58.0 Å². The van der Waals surface area contributed by atoms with Crippen molar-refractivity contribution in [2.45, 2.75) is 11.3 Å². The van der Waals surface area contributed by atoms with E-state index in [2.05, 4.69) is 20.7 Å². The number of hydrogen-bond acceptors (Lipinski definition) is 4. The molecule has 0 amide bonds. The second kappa shape index (κ2) is 5.81. The van der Waals surface area contributed by atoms with Gasteiger partial charge in [0.05, 0.1) is 4.90 Å². The van der Waals surface area contributed by atoms with Gasteiger partial charge in [0.2, 0.25) is 10.0 Å². The van der Waals surface area contributed by atoms with E-state index >= 15 is 0 Å². The van der Waals surface area contributed by atoms with Crippen LogP contribution < -0.4 is 10.5 Å². The molecule has 1 atom stereocenters. The number of anilines is 1. The van der Waals surface area contributed by atoms with Crippen LogP contribution in [-0.4, -0.2) is 26.5 Å². The molecule has 1 fully saturated rings. The molecule has 1 unspecified atom stereocenters. The van der Waals surface area contributed by atoms with Crippen molar-refractivity contribution in [2.24, 2.45) is 5.92 Å². The summed E-state index contributed by atoms with van der Waals surface area (Å²) in [4.78, 5) is 0.217. The first-order chi connectivity index (χ1) is 8.49. The largest absolute Gasteiger partial charge is 0.398 e. The lowest BCUT2D eigenvalue weighted by molar-refractivity contribution is 0.546. The number of benzene rings is 1. The maximum atomic E-state index is 12.1. The van der Waals surface area contributed by atoms with Crippen molar-refractivity contribution in [1.29, 1.82) is 0 Å². The molecule has 1 saturated heterocycles. The summed E-state index contributed by atoms with van der Waals surface area (Å²) in [6, 6.07) is 4.66. The highest BCUT2D eigenvalue weighted by atomic mass is 79.9. The summed E-state index contributed by atoms with van der Waals surface area (Å²) in [5, 5.41) is 0. The zero-order valence-corrected chi connectivity index (χ0v) is 12.9. The first kappa shape index (κ1) is 14.2. The Hall–Kier alpha value is -0.240. The smallest absolute Gasteiger partial charge is 0.240 e. The molecule has 1 aliphatic heterocycles. The third-order valence-electron chi connectivity index (χ3n) is 2.86. The highest BCUT2D eigenvalue weighted by Gasteiger charge is 2.20. The second-order valence-electron chi connectivity index (χ2n) is 4.26. The Kier molecular flexibility index (Phi) is 4.58. The molecule has 1 heterocycles. The van der Waals surface area contributed by atoms with Gasteiger partial charge in [0.25, 0.3) is 0 Å². The normalized spacial score (nSPS) is 20.2. The molecule has 2 rings (SSSR count). The first-order valence-electron chi connectivity index (χ1n) is 5.61. The zero-order chi connectivity index (χ0) is 13.2. The maximum Gasteiger partial charge on any atom is 0.240 e. The van der Waals surface area contributed by atoms with Crippen molar-refractivity contribution in [3.05, 3.63) is 22.7 Å². The van der Waals surface area contributed by atoms with E-state index in [4.69, 9.17) is 5.73 Å². The Bertz CT molecular complexity index is 528. The summed E-state index contributed by atoms with van der Waals surface area (Å²) in [5.41, 5.74) is 6.12. The Morgan fingerprint density at radius 3 is 2.89 bits per heavy atom. The van der Waals surface area contributed by atoms with E-state index in [9.17, 15) is 8.42 Å². The van der Waals surface area contributed by atoms with Gasteiger partial charge in [0, 0.05) is 16.7 Å². The predicted octanol–water partition coefficient (Wildman–Crippen LogP) is 2.06. The molecule has 0 aromatic heterocycles. The molecule has 0 aliphatic carbocycles. The Balaban J connectivity index is 2.07. The van der Waals surface area contributed by atoms with Crippen LogP contribution in [0.4, 0.5) is 5.69 Å². The minimum Gasteiger partial charge on any atom is -0.398 e. The topological polar surface area (TPSA) is 72.2 Å². The molecule has 100 valence electrons. The van der Waals surface area contributed by atoms with Crippen molar-refractivity contribution < 1.29 is 8.42 Å². The lowest BCUT2D eigenvalue weighted by Gasteiger charge is -2.11. The van der Waals surface area contributed by atoms with Gasteiger partial charge in [0.1, 0.15) is 0 Å². The Labute approximate surface area is 120 Å². The molecule has 4 nitrogen and oxygen atoms in total. The van der Waals surface area contributed by atoms with Crippen LogP contribution in [0, 0.1) is 5.92 Å². The molecule has 0 saturated carbocycles. The van der Waals surface area contributed by atoms with Crippen molar-refractivity contribution in [2.75, 3.05) is 23.8 Å². The van der Waals surface area contributed by atoms with Crippen LogP contribution in [0.5, 0.6) is 0 Å². The second-order valence-corrected chi connectivity index (χ2v) is 8.04. The third-order valence-corrected chi connectivity index (χ3v) is 6.24. The van der Waals surface area contributed by atoms with Crippen LogP contribution in [0.25, 0.3) is 0 Å². The number of nitrogen functional groups attached to an aromatic ring is 1. The monoisotopic (exact) mass is 350 g/mol.